The zero-order valence-electron chi connectivity index (χ0n) is 15.3. The molecular formula is C20H22BrClN2O4. The zero-order chi connectivity index (χ0) is 19.9. The molecule has 1 aromatic carbocycles. The Morgan fingerprint density at radius 2 is 1.71 bits per heavy atom. The van der Waals surface area contributed by atoms with Crippen molar-refractivity contribution >= 4 is 45.3 Å². The Bertz CT molecular complexity index is 799. The molecule has 4 fully saturated rings. The number of carbonyl (C=O) groups excluding carboxylic acids is 3. The fourth-order valence-corrected chi connectivity index (χ4v) is 7.09. The van der Waals surface area contributed by atoms with Crippen molar-refractivity contribution in [1.29, 1.82) is 0 Å². The standard InChI is InChI=1S/C20H22BrClN2O4/c21-20-8-12-5-13(9-20)7-19(6-12,11-20)18(27)28-10-16(25)23-24-17(26)14-1-3-15(22)4-2-14/h1-4,12-13H,5-11H2,(H,23,25)(H,24,26)/t12-,13-,19?,20?/m1/s1. The van der Waals surface area contributed by atoms with E-state index in [9.17, 15) is 14.4 Å². The second kappa shape index (κ2) is 7.34. The van der Waals surface area contributed by atoms with Crippen LogP contribution in [0.3, 0.4) is 0 Å². The molecule has 6 nitrogen and oxygen atoms in total. The summed E-state index contributed by atoms with van der Waals surface area (Å²) in [6.45, 7) is -0.411. The van der Waals surface area contributed by atoms with Crippen molar-refractivity contribution in [2.75, 3.05) is 6.61 Å². The highest BCUT2D eigenvalue weighted by molar-refractivity contribution is 9.10. The molecule has 4 saturated carbocycles. The smallest absolute Gasteiger partial charge is 0.312 e. The number of ether oxygens (including phenoxy) is 1. The molecule has 0 unspecified atom stereocenters. The first-order valence-electron chi connectivity index (χ1n) is 9.48. The van der Waals surface area contributed by atoms with Crippen LogP contribution in [0.1, 0.15) is 48.9 Å². The van der Waals surface area contributed by atoms with Gasteiger partial charge in [-0.3, -0.25) is 25.2 Å². The van der Waals surface area contributed by atoms with E-state index in [0.717, 1.165) is 32.1 Å². The topological polar surface area (TPSA) is 84.5 Å². The SMILES string of the molecule is O=C(COC(=O)C12C[C@H]3C[C@@H](CC(Br)(C3)C1)C2)NNC(=O)c1ccc(Cl)cc1. The fraction of sp³-hybridized carbons (Fsp3) is 0.550. The molecule has 0 radical (unpaired) electrons. The van der Waals surface area contributed by atoms with Crippen molar-refractivity contribution in [2.24, 2.45) is 17.3 Å². The van der Waals surface area contributed by atoms with Gasteiger partial charge in [-0.05, 0) is 74.6 Å². The molecule has 0 heterocycles. The van der Waals surface area contributed by atoms with Crippen LogP contribution in [-0.2, 0) is 14.3 Å². The maximum absolute atomic E-state index is 12.8. The van der Waals surface area contributed by atoms with Crippen LogP contribution in [0, 0.1) is 17.3 Å². The Kier molecular flexibility index (Phi) is 5.16. The Hall–Kier alpha value is -1.60. The van der Waals surface area contributed by atoms with E-state index < -0.39 is 23.8 Å². The van der Waals surface area contributed by atoms with Crippen molar-refractivity contribution in [2.45, 2.75) is 42.8 Å². The number of hydrogen-bond donors (Lipinski definition) is 2. The summed E-state index contributed by atoms with van der Waals surface area (Å²) in [5, 5.41) is 0.516. The Morgan fingerprint density at radius 3 is 2.32 bits per heavy atom. The normalized spacial score (nSPS) is 32.6. The minimum Gasteiger partial charge on any atom is -0.455 e. The lowest BCUT2D eigenvalue weighted by atomic mass is 9.49. The predicted molar refractivity (Wildman–Crippen MR) is 107 cm³/mol. The minimum atomic E-state index is -0.575. The number of hydrogen-bond acceptors (Lipinski definition) is 4. The molecule has 5 rings (SSSR count). The summed E-state index contributed by atoms with van der Waals surface area (Å²) < 4.78 is 5.39. The third-order valence-electron chi connectivity index (χ3n) is 6.18. The molecule has 0 spiro atoms. The summed E-state index contributed by atoms with van der Waals surface area (Å²) in [6, 6.07) is 6.27. The van der Waals surface area contributed by atoms with Gasteiger partial charge >= 0.3 is 5.97 Å². The van der Waals surface area contributed by atoms with Gasteiger partial charge in [-0.1, -0.05) is 27.5 Å². The molecule has 4 bridgehead atoms. The maximum atomic E-state index is 12.8. The predicted octanol–water partition coefficient (Wildman–Crippen LogP) is 3.38. The fourth-order valence-electron chi connectivity index (χ4n) is 5.51. The van der Waals surface area contributed by atoms with E-state index >= 15 is 0 Å². The van der Waals surface area contributed by atoms with E-state index in [1.807, 2.05) is 0 Å². The molecule has 150 valence electrons. The van der Waals surface area contributed by atoms with Crippen molar-refractivity contribution in [3.05, 3.63) is 34.9 Å². The van der Waals surface area contributed by atoms with E-state index in [1.165, 1.54) is 6.42 Å². The first kappa shape index (κ1) is 19.7. The number of benzene rings is 1. The van der Waals surface area contributed by atoms with Gasteiger partial charge in [0.2, 0.25) is 0 Å². The largest absolute Gasteiger partial charge is 0.455 e. The van der Waals surface area contributed by atoms with Gasteiger partial charge in [0.05, 0.1) is 5.41 Å². The second-order valence-corrected chi connectivity index (χ2v) is 10.6. The highest BCUT2D eigenvalue weighted by Crippen LogP contribution is 2.64. The molecule has 4 aliphatic rings. The molecule has 2 N–H and O–H groups in total. The van der Waals surface area contributed by atoms with Crippen LogP contribution in [0.4, 0.5) is 0 Å². The van der Waals surface area contributed by atoms with E-state index in [-0.39, 0.29) is 10.3 Å². The molecule has 4 aliphatic carbocycles. The van der Waals surface area contributed by atoms with Gasteiger partial charge in [0.15, 0.2) is 6.61 Å². The van der Waals surface area contributed by atoms with Crippen LogP contribution in [0.25, 0.3) is 0 Å². The van der Waals surface area contributed by atoms with Gasteiger partial charge in [0.25, 0.3) is 11.8 Å². The lowest BCUT2D eigenvalue weighted by Crippen LogP contribution is -2.56. The molecule has 8 heteroatoms. The molecule has 2 amide bonds. The summed E-state index contributed by atoms with van der Waals surface area (Å²) in [4.78, 5) is 36.8. The number of nitrogens with one attached hydrogen (secondary N) is 2. The summed E-state index contributed by atoms with van der Waals surface area (Å²) in [7, 11) is 0. The van der Waals surface area contributed by atoms with Gasteiger partial charge in [-0.2, -0.15) is 0 Å². The van der Waals surface area contributed by atoms with Crippen LogP contribution < -0.4 is 10.9 Å². The highest BCUT2D eigenvalue weighted by atomic mass is 79.9. The first-order chi connectivity index (χ1) is 13.3. The highest BCUT2D eigenvalue weighted by Gasteiger charge is 2.60. The van der Waals surface area contributed by atoms with Crippen LogP contribution in [0.2, 0.25) is 5.02 Å². The average Bonchev–Trinajstić information content (AvgIpc) is 2.62. The summed E-state index contributed by atoms with van der Waals surface area (Å²) in [5.74, 6) is -0.224. The van der Waals surface area contributed by atoms with Gasteiger partial charge in [0.1, 0.15) is 0 Å². The van der Waals surface area contributed by atoms with Crippen molar-refractivity contribution < 1.29 is 19.1 Å². The van der Waals surface area contributed by atoms with Crippen LogP contribution in [0.15, 0.2) is 24.3 Å². The van der Waals surface area contributed by atoms with Gasteiger partial charge in [-0.15, -0.1) is 0 Å². The number of rotatable bonds is 4. The summed E-state index contributed by atoms with van der Waals surface area (Å²) >= 11 is 9.65. The van der Waals surface area contributed by atoms with E-state index in [0.29, 0.717) is 22.4 Å². The lowest BCUT2D eigenvalue weighted by Gasteiger charge is -2.58. The number of esters is 1. The second-order valence-electron chi connectivity index (χ2n) is 8.48. The van der Waals surface area contributed by atoms with Gasteiger partial charge in [0, 0.05) is 14.9 Å². The van der Waals surface area contributed by atoms with E-state index in [1.54, 1.807) is 24.3 Å². The van der Waals surface area contributed by atoms with Crippen molar-refractivity contribution in [1.82, 2.24) is 10.9 Å². The first-order valence-corrected chi connectivity index (χ1v) is 10.6. The minimum absolute atomic E-state index is 0.0465. The number of amides is 2. The molecular weight excluding hydrogens is 448 g/mol. The Balaban J connectivity index is 1.27. The third-order valence-corrected chi connectivity index (χ3v) is 7.36. The Labute approximate surface area is 176 Å². The Morgan fingerprint density at radius 1 is 1.07 bits per heavy atom. The van der Waals surface area contributed by atoms with Crippen LogP contribution in [-0.4, -0.2) is 28.7 Å². The van der Waals surface area contributed by atoms with Gasteiger partial charge in [-0.25, -0.2) is 0 Å². The quantitative estimate of drug-likeness (QED) is 0.402. The summed E-state index contributed by atoms with van der Waals surface area (Å²) in [6.07, 6.45) is 5.92. The number of hydrazine groups is 1. The van der Waals surface area contributed by atoms with Crippen molar-refractivity contribution in [3.63, 3.8) is 0 Å². The lowest BCUT2D eigenvalue weighted by molar-refractivity contribution is -0.171. The molecule has 0 aliphatic heterocycles. The molecule has 28 heavy (non-hydrogen) atoms. The number of halogens is 2. The van der Waals surface area contributed by atoms with Crippen LogP contribution in [0.5, 0.6) is 0 Å². The third kappa shape index (κ3) is 3.92. The summed E-state index contributed by atoms with van der Waals surface area (Å²) in [5.41, 5.74) is 4.46. The van der Waals surface area contributed by atoms with Crippen LogP contribution >= 0.6 is 27.5 Å². The average molecular weight is 470 g/mol. The zero-order valence-corrected chi connectivity index (χ0v) is 17.6. The number of carbonyl (C=O) groups is 3. The monoisotopic (exact) mass is 468 g/mol. The molecule has 0 aromatic heterocycles. The number of alkyl halides is 1. The van der Waals surface area contributed by atoms with E-state index in [4.69, 9.17) is 16.3 Å². The maximum Gasteiger partial charge on any atom is 0.312 e. The molecule has 1 aromatic rings. The van der Waals surface area contributed by atoms with Gasteiger partial charge < -0.3 is 4.74 Å². The molecule has 2 atom stereocenters. The molecule has 0 saturated heterocycles. The van der Waals surface area contributed by atoms with E-state index in [2.05, 4.69) is 26.8 Å². The van der Waals surface area contributed by atoms with Crippen molar-refractivity contribution in [3.8, 4) is 0 Å².